The van der Waals surface area contributed by atoms with Crippen molar-refractivity contribution in [2.24, 2.45) is 0 Å². The van der Waals surface area contributed by atoms with Crippen molar-refractivity contribution in [3.63, 3.8) is 0 Å². The minimum absolute atomic E-state index is 0.0600. The van der Waals surface area contributed by atoms with Gasteiger partial charge in [0.1, 0.15) is 0 Å². The summed E-state index contributed by atoms with van der Waals surface area (Å²) in [7, 11) is 0. The zero-order valence-corrected chi connectivity index (χ0v) is 25.1. The fraction of sp³-hybridized carbons (Fsp3) is 0.0714. The van der Waals surface area contributed by atoms with Crippen molar-refractivity contribution in [2.75, 3.05) is 0 Å². The number of fused-ring (bicyclic) bond motifs is 8. The molecule has 0 spiro atoms. The van der Waals surface area contributed by atoms with Gasteiger partial charge in [-0.05, 0) is 60.6 Å². The summed E-state index contributed by atoms with van der Waals surface area (Å²) in [5.74, 6) is 2.00. The smallest absolute Gasteiger partial charge is 0.164 e. The van der Waals surface area contributed by atoms with Crippen LogP contribution in [0.25, 0.3) is 77.6 Å². The fourth-order valence-corrected chi connectivity index (χ4v) is 7.24. The monoisotopic (exact) mass is 575 g/mol. The molecule has 3 heteroatoms. The van der Waals surface area contributed by atoms with Crippen molar-refractivity contribution in [1.82, 2.24) is 15.0 Å². The summed E-state index contributed by atoms with van der Waals surface area (Å²) in [5, 5.41) is 7.20. The summed E-state index contributed by atoms with van der Waals surface area (Å²) < 4.78 is 0. The summed E-state index contributed by atoms with van der Waals surface area (Å²) in [6.07, 6.45) is 0. The Hall–Kier alpha value is -5.67. The molecule has 8 aromatic rings. The number of hydrogen-bond acceptors (Lipinski definition) is 3. The second-order valence-electron chi connectivity index (χ2n) is 12.5. The van der Waals surface area contributed by atoms with Gasteiger partial charge in [0, 0.05) is 22.1 Å². The first kappa shape index (κ1) is 25.8. The molecule has 0 amide bonds. The van der Waals surface area contributed by atoms with Gasteiger partial charge in [0.05, 0.1) is 0 Å². The first-order chi connectivity index (χ1) is 22.1. The summed E-state index contributed by atoms with van der Waals surface area (Å²) in [5.41, 5.74) is 8.23. The molecule has 0 unspecified atom stereocenters. The van der Waals surface area contributed by atoms with Gasteiger partial charge < -0.3 is 0 Å². The maximum atomic E-state index is 5.18. The summed E-state index contributed by atoms with van der Waals surface area (Å²) in [6.45, 7) is 4.65. The van der Waals surface area contributed by atoms with Crippen LogP contribution in [-0.4, -0.2) is 15.0 Å². The van der Waals surface area contributed by atoms with Crippen LogP contribution in [0.2, 0.25) is 0 Å². The average Bonchev–Trinajstić information content (AvgIpc) is 3.34. The molecule has 1 aliphatic rings. The topological polar surface area (TPSA) is 38.7 Å². The van der Waals surface area contributed by atoms with E-state index in [1.807, 2.05) is 18.2 Å². The van der Waals surface area contributed by atoms with Crippen LogP contribution >= 0.6 is 0 Å². The molecule has 0 aliphatic heterocycles. The summed E-state index contributed by atoms with van der Waals surface area (Å²) in [4.78, 5) is 15.3. The molecule has 1 aliphatic carbocycles. The lowest BCUT2D eigenvalue weighted by atomic mass is 9.82. The van der Waals surface area contributed by atoms with Gasteiger partial charge in [0.25, 0.3) is 0 Å². The van der Waals surface area contributed by atoms with E-state index < -0.39 is 0 Å². The Kier molecular flexibility index (Phi) is 5.54. The minimum Gasteiger partial charge on any atom is -0.208 e. The highest BCUT2D eigenvalue weighted by Gasteiger charge is 2.36. The summed E-state index contributed by atoms with van der Waals surface area (Å²) in [6, 6.07) is 49.5. The molecule has 1 aromatic heterocycles. The highest BCUT2D eigenvalue weighted by molar-refractivity contribution is 6.11. The van der Waals surface area contributed by atoms with E-state index in [-0.39, 0.29) is 5.41 Å². The molecule has 0 fully saturated rings. The fourth-order valence-electron chi connectivity index (χ4n) is 7.24. The van der Waals surface area contributed by atoms with E-state index in [9.17, 15) is 0 Å². The largest absolute Gasteiger partial charge is 0.208 e. The first-order valence-electron chi connectivity index (χ1n) is 15.5. The van der Waals surface area contributed by atoms with Gasteiger partial charge in [0.15, 0.2) is 17.5 Å². The van der Waals surface area contributed by atoms with Crippen LogP contribution < -0.4 is 0 Å². The average molecular weight is 576 g/mol. The Bertz CT molecular complexity index is 2460. The molecule has 0 saturated carbocycles. The van der Waals surface area contributed by atoms with Crippen LogP contribution in [0.15, 0.2) is 140 Å². The van der Waals surface area contributed by atoms with E-state index in [2.05, 4.69) is 135 Å². The third-order valence-corrected chi connectivity index (χ3v) is 9.52. The highest BCUT2D eigenvalue weighted by atomic mass is 15.0. The number of nitrogens with zero attached hydrogens (tertiary/aromatic N) is 3. The zero-order chi connectivity index (χ0) is 30.1. The quantitative estimate of drug-likeness (QED) is 0.197. The maximum absolute atomic E-state index is 5.18. The van der Waals surface area contributed by atoms with E-state index in [1.165, 1.54) is 49.2 Å². The molecule has 7 aromatic carbocycles. The van der Waals surface area contributed by atoms with Crippen LogP contribution in [0.4, 0.5) is 0 Å². The van der Waals surface area contributed by atoms with Gasteiger partial charge in [-0.25, -0.2) is 15.0 Å². The minimum atomic E-state index is -0.0600. The normalized spacial score (nSPS) is 13.3. The number of hydrogen-bond donors (Lipinski definition) is 0. The van der Waals surface area contributed by atoms with Gasteiger partial charge >= 0.3 is 0 Å². The molecule has 0 saturated heterocycles. The SMILES string of the molecule is CC1(C)c2ccccc2-c2c1ccc1ccc(-c3nc(-c4ccccc4)nc(-c4cccc5c4ccc4ccccc45)n3)cc21. The third kappa shape index (κ3) is 3.94. The lowest BCUT2D eigenvalue weighted by molar-refractivity contribution is 0.661. The third-order valence-electron chi connectivity index (χ3n) is 9.52. The van der Waals surface area contributed by atoms with Crippen LogP contribution in [0.1, 0.15) is 25.0 Å². The van der Waals surface area contributed by atoms with Gasteiger partial charge in [-0.3, -0.25) is 0 Å². The molecule has 0 atom stereocenters. The second kappa shape index (κ2) is 9.67. The standard InChI is InChI=1S/C42H29N3/c1-42(2)36-18-9-8-15-34(36)38-35-25-29(20-19-27(35)22-24-37(38)42)40-43-39(28-12-4-3-5-13-28)44-41(45-40)33-17-10-16-31-30-14-7-6-11-26(30)21-23-32(31)33/h3-25H,1-2H3. The lowest BCUT2D eigenvalue weighted by Crippen LogP contribution is -2.14. The number of benzene rings is 7. The van der Waals surface area contributed by atoms with Gasteiger partial charge in [-0.15, -0.1) is 0 Å². The Balaban J connectivity index is 1.29. The predicted molar refractivity (Wildman–Crippen MR) is 186 cm³/mol. The second-order valence-corrected chi connectivity index (χ2v) is 12.5. The van der Waals surface area contributed by atoms with Crippen LogP contribution in [0.5, 0.6) is 0 Å². The molecule has 9 rings (SSSR count). The zero-order valence-electron chi connectivity index (χ0n) is 25.1. The van der Waals surface area contributed by atoms with E-state index in [1.54, 1.807) is 0 Å². The van der Waals surface area contributed by atoms with E-state index in [0.717, 1.165) is 22.1 Å². The van der Waals surface area contributed by atoms with E-state index in [4.69, 9.17) is 15.0 Å². The van der Waals surface area contributed by atoms with E-state index in [0.29, 0.717) is 17.5 Å². The Morgan fingerprint density at radius 2 is 1.04 bits per heavy atom. The van der Waals surface area contributed by atoms with Crippen molar-refractivity contribution in [3.05, 3.63) is 151 Å². The molecular weight excluding hydrogens is 546 g/mol. The van der Waals surface area contributed by atoms with Gasteiger partial charge in [0.2, 0.25) is 0 Å². The molecule has 212 valence electrons. The Labute approximate surface area is 261 Å². The van der Waals surface area contributed by atoms with Gasteiger partial charge in [-0.2, -0.15) is 0 Å². The van der Waals surface area contributed by atoms with Crippen LogP contribution in [0, 0.1) is 0 Å². The molecule has 0 N–H and O–H groups in total. The molecule has 0 bridgehead atoms. The molecule has 0 radical (unpaired) electrons. The van der Waals surface area contributed by atoms with Crippen molar-refractivity contribution >= 4 is 32.3 Å². The first-order valence-corrected chi connectivity index (χ1v) is 15.5. The van der Waals surface area contributed by atoms with Crippen LogP contribution in [-0.2, 0) is 5.41 Å². The molecular formula is C42H29N3. The van der Waals surface area contributed by atoms with Crippen molar-refractivity contribution in [2.45, 2.75) is 19.3 Å². The van der Waals surface area contributed by atoms with Gasteiger partial charge in [-0.1, -0.05) is 147 Å². The van der Waals surface area contributed by atoms with Crippen molar-refractivity contribution in [3.8, 4) is 45.3 Å². The molecule has 3 nitrogen and oxygen atoms in total. The highest BCUT2D eigenvalue weighted by Crippen LogP contribution is 2.51. The van der Waals surface area contributed by atoms with Crippen molar-refractivity contribution < 1.29 is 0 Å². The lowest BCUT2D eigenvalue weighted by Gasteiger charge is -2.21. The maximum Gasteiger partial charge on any atom is 0.164 e. The summed E-state index contributed by atoms with van der Waals surface area (Å²) >= 11 is 0. The van der Waals surface area contributed by atoms with E-state index >= 15 is 0 Å². The number of rotatable bonds is 3. The Morgan fingerprint density at radius 3 is 1.93 bits per heavy atom. The van der Waals surface area contributed by atoms with Crippen molar-refractivity contribution in [1.29, 1.82) is 0 Å². The number of aromatic nitrogens is 3. The molecule has 1 heterocycles. The van der Waals surface area contributed by atoms with Crippen LogP contribution in [0.3, 0.4) is 0 Å². The predicted octanol–water partition coefficient (Wildman–Crippen LogP) is 10.6. The Morgan fingerprint density at radius 1 is 0.400 bits per heavy atom. The molecule has 45 heavy (non-hydrogen) atoms.